The van der Waals surface area contributed by atoms with Crippen molar-refractivity contribution in [1.82, 2.24) is 9.88 Å². The SMILES string of the molecule is CCOc1nc(N[C@H]2CC[C@H](N(C(=O)O)C(C)(C)C)CC2)c(Br)cc1C(N)=O. The van der Waals surface area contributed by atoms with Crippen molar-refractivity contribution in [2.45, 2.75) is 71.0 Å². The summed E-state index contributed by atoms with van der Waals surface area (Å²) < 4.78 is 6.08. The maximum atomic E-state index is 11.7. The van der Waals surface area contributed by atoms with Crippen molar-refractivity contribution in [1.29, 1.82) is 0 Å². The molecule has 1 aliphatic carbocycles. The van der Waals surface area contributed by atoms with Gasteiger partial charge in [0.1, 0.15) is 11.4 Å². The molecule has 1 aliphatic rings. The van der Waals surface area contributed by atoms with Crippen LogP contribution in [-0.4, -0.2) is 51.2 Å². The molecule has 2 rings (SSSR count). The zero-order valence-electron chi connectivity index (χ0n) is 16.8. The second kappa shape index (κ2) is 8.98. The molecule has 0 aromatic carbocycles. The van der Waals surface area contributed by atoms with Gasteiger partial charge in [0.25, 0.3) is 5.91 Å². The van der Waals surface area contributed by atoms with E-state index in [-0.39, 0.29) is 23.5 Å². The predicted molar refractivity (Wildman–Crippen MR) is 111 cm³/mol. The van der Waals surface area contributed by atoms with Gasteiger partial charge in [-0.2, -0.15) is 4.98 Å². The molecule has 28 heavy (non-hydrogen) atoms. The van der Waals surface area contributed by atoms with Gasteiger partial charge < -0.3 is 25.8 Å². The van der Waals surface area contributed by atoms with Gasteiger partial charge in [0.15, 0.2) is 0 Å². The molecule has 0 saturated heterocycles. The molecular weight excluding hydrogens is 428 g/mol. The van der Waals surface area contributed by atoms with E-state index in [1.165, 1.54) is 0 Å². The van der Waals surface area contributed by atoms with E-state index < -0.39 is 17.5 Å². The number of nitrogens with zero attached hydrogens (tertiary/aromatic N) is 2. The Hall–Kier alpha value is -2.03. The number of amides is 2. The fraction of sp³-hybridized carbons (Fsp3) is 0.632. The number of pyridine rings is 1. The summed E-state index contributed by atoms with van der Waals surface area (Å²) in [6, 6.07) is 1.77. The highest BCUT2D eigenvalue weighted by atomic mass is 79.9. The summed E-state index contributed by atoms with van der Waals surface area (Å²) in [5.41, 5.74) is 5.19. The molecule has 1 heterocycles. The molecule has 1 aromatic heterocycles. The fourth-order valence-corrected chi connectivity index (χ4v) is 4.09. The summed E-state index contributed by atoms with van der Waals surface area (Å²) in [4.78, 5) is 29.3. The van der Waals surface area contributed by atoms with Crippen LogP contribution in [0, 0.1) is 0 Å². The first kappa shape index (κ1) is 22.3. The van der Waals surface area contributed by atoms with Gasteiger partial charge in [0.05, 0.1) is 11.1 Å². The van der Waals surface area contributed by atoms with Crippen LogP contribution < -0.4 is 15.8 Å². The summed E-state index contributed by atoms with van der Waals surface area (Å²) in [7, 11) is 0. The van der Waals surface area contributed by atoms with Crippen molar-refractivity contribution in [3.63, 3.8) is 0 Å². The largest absolute Gasteiger partial charge is 0.477 e. The third kappa shape index (κ3) is 5.27. The molecule has 0 aliphatic heterocycles. The zero-order chi connectivity index (χ0) is 21.1. The summed E-state index contributed by atoms with van der Waals surface area (Å²) in [5.74, 6) is 0.196. The molecule has 0 unspecified atom stereocenters. The molecule has 1 fully saturated rings. The van der Waals surface area contributed by atoms with Crippen molar-refractivity contribution < 1.29 is 19.4 Å². The van der Waals surface area contributed by atoms with Crippen LogP contribution in [0.5, 0.6) is 5.88 Å². The van der Waals surface area contributed by atoms with Crippen LogP contribution in [0.15, 0.2) is 10.5 Å². The van der Waals surface area contributed by atoms with Gasteiger partial charge in [-0.15, -0.1) is 0 Å². The Morgan fingerprint density at radius 3 is 2.43 bits per heavy atom. The van der Waals surface area contributed by atoms with Crippen LogP contribution in [0.2, 0.25) is 0 Å². The molecule has 0 spiro atoms. The summed E-state index contributed by atoms with van der Waals surface area (Å²) >= 11 is 3.43. The number of carboxylic acid groups (broad SMARTS) is 1. The van der Waals surface area contributed by atoms with E-state index in [0.717, 1.165) is 25.7 Å². The van der Waals surface area contributed by atoms with Crippen LogP contribution in [0.3, 0.4) is 0 Å². The number of carbonyl (C=O) groups excluding carboxylic acids is 1. The Morgan fingerprint density at radius 2 is 1.96 bits per heavy atom. The highest BCUT2D eigenvalue weighted by Crippen LogP contribution is 2.33. The molecule has 156 valence electrons. The molecule has 1 aromatic rings. The first-order chi connectivity index (χ1) is 13.0. The topological polar surface area (TPSA) is 118 Å². The lowest BCUT2D eigenvalue weighted by Gasteiger charge is -2.42. The van der Waals surface area contributed by atoms with E-state index in [1.807, 2.05) is 27.7 Å². The predicted octanol–water partition coefficient (Wildman–Crippen LogP) is 3.84. The third-order valence-corrected chi connectivity index (χ3v) is 5.42. The van der Waals surface area contributed by atoms with Gasteiger partial charge in [-0.1, -0.05) is 0 Å². The van der Waals surface area contributed by atoms with Crippen molar-refractivity contribution in [3.8, 4) is 5.88 Å². The number of ether oxygens (including phenoxy) is 1. The number of rotatable bonds is 6. The Balaban J connectivity index is 2.09. The number of hydrogen-bond donors (Lipinski definition) is 3. The summed E-state index contributed by atoms with van der Waals surface area (Å²) in [6.45, 7) is 7.94. The Bertz CT molecular complexity index is 727. The molecule has 4 N–H and O–H groups in total. The Labute approximate surface area is 174 Å². The van der Waals surface area contributed by atoms with Gasteiger partial charge in [0, 0.05) is 17.6 Å². The Morgan fingerprint density at radius 1 is 1.36 bits per heavy atom. The van der Waals surface area contributed by atoms with Crippen molar-refractivity contribution in [2.75, 3.05) is 11.9 Å². The zero-order valence-corrected chi connectivity index (χ0v) is 18.4. The van der Waals surface area contributed by atoms with Crippen LogP contribution in [0.1, 0.15) is 63.7 Å². The molecular formula is C19H29BrN4O4. The number of anilines is 1. The number of carbonyl (C=O) groups is 2. The highest BCUT2D eigenvalue weighted by molar-refractivity contribution is 9.10. The smallest absolute Gasteiger partial charge is 0.407 e. The number of nitrogens with one attached hydrogen (secondary N) is 1. The summed E-state index contributed by atoms with van der Waals surface area (Å²) in [6.07, 6.45) is 2.31. The average Bonchev–Trinajstić information content (AvgIpc) is 2.57. The molecule has 8 nitrogen and oxygen atoms in total. The van der Waals surface area contributed by atoms with E-state index in [9.17, 15) is 14.7 Å². The number of hydrogen-bond acceptors (Lipinski definition) is 5. The van der Waals surface area contributed by atoms with Gasteiger partial charge in [-0.05, 0) is 75.4 Å². The van der Waals surface area contributed by atoms with E-state index in [0.29, 0.717) is 16.9 Å². The van der Waals surface area contributed by atoms with E-state index in [4.69, 9.17) is 10.5 Å². The molecule has 0 bridgehead atoms. The molecule has 1 saturated carbocycles. The standard InChI is InChI=1S/C19H29BrN4O4/c1-5-28-17-13(15(21)25)10-14(20)16(23-17)22-11-6-8-12(9-7-11)24(18(26)27)19(2,3)4/h10-12H,5-9H2,1-4H3,(H2,21,25)(H,22,23)(H,26,27)/t11-,12-. The van der Waals surface area contributed by atoms with E-state index >= 15 is 0 Å². The maximum absolute atomic E-state index is 11.7. The fourth-order valence-electron chi connectivity index (χ4n) is 3.66. The van der Waals surface area contributed by atoms with Gasteiger partial charge >= 0.3 is 6.09 Å². The van der Waals surface area contributed by atoms with Crippen LogP contribution in [0.4, 0.5) is 10.6 Å². The average molecular weight is 457 g/mol. The number of aromatic nitrogens is 1. The molecule has 9 heteroatoms. The van der Waals surface area contributed by atoms with Gasteiger partial charge in [0.2, 0.25) is 5.88 Å². The first-order valence-corrected chi connectivity index (χ1v) is 10.3. The minimum atomic E-state index is -0.878. The van der Waals surface area contributed by atoms with Crippen molar-refractivity contribution >= 4 is 33.7 Å². The lowest BCUT2D eigenvalue weighted by Crippen LogP contribution is -2.52. The third-order valence-electron chi connectivity index (χ3n) is 4.82. The maximum Gasteiger partial charge on any atom is 0.407 e. The Kier molecular flexibility index (Phi) is 7.14. The molecule has 0 atom stereocenters. The van der Waals surface area contributed by atoms with Gasteiger partial charge in [-0.3, -0.25) is 4.79 Å². The molecule has 2 amide bonds. The normalized spacial score (nSPS) is 19.8. The minimum Gasteiger partial charge on any atom is -0.477 e. The second-order valence-corrected chi connectivity index (χ2v) is 8.80. The number of halogens is 1. The first-order valence-electron chi connectivity index (χ1n) is 9.46. The summed E-state index contributed by atoms with van der Waals surface area (Å²) in [5, 5.41) is 13.0. The van der Waals surface area contributed by atoms with Crippen molar-refractivity contribution in [3.05, 3.63) is 16.1 Å². The number of primary amides is 1. The van der Waals surface area contributed by atoms with Gasteiger partial charge in [-0.25, -0.2) is 4.79 Å². The number of nitrogens with two attached hydrogens (primary N) is 1. The lowest BCUT2D eigenvalue weighted by molar-refractivity contribution is 0.0556. The highest BCUT2D eigenvalue weighted by Gasteiger charge is 2.35. The molecule has 0 radical (unpaired) electrons. The second-order valence-electron chi connectivity index (χ2n) is 7.94. The lowest BCUT2D eigenvalue weighted by atomic mass is 9.88. The quantitative estimate of drug-likeness (QED) is 0.598. The minimum absolute atomic E-state index is 0.00294. The van der Waals surface area contributed by atoms with Crippen LogP contribution in [0.25, 0.3) is 0 Å². The monoisotopic (exact) mass is 456 g/mol. The van der Waals surface area contributed by atoms with E-state index in [1.54, 1.807) is 11.0 Å². The van der Waals surface area contributed by atoms with E-state index in [2.05, 4.69) is 26.2 Å². The van der Waals surface area contributed by atoms with Crippen LogP contribution >= 0.6 is 15.9 Å². The van der Waals surface area contributed by atoms with Crippen molar-refractivity contribution in [2.24, 2.45) is 5.73 Å². The van der Waals surface area contributed by atoms with Crippen LogP contribution in [-0.2, 0) is 0 Å².